The third-order valence-electron chi connectivity index (χ3n) is 2.60. The Kier molecular flexibility index (Phi) is 5.14. The normalized spacial score (nSPS) is 10.2. The zero-order valence-electron chi connectivity index (χ0n) is 11.3. The van der Waals surface area contributed by atoms with E-state index in [1.807, 2.05) is 6.07 Å². The van der Waals surface area contributed by atoms with E-state index in [4.69, 9.17) is 9.15 Å². The SMILES string of the molecule is COCCCNc1ccc(NC(=O)c2ccco2)cn1. The first-order chi connectivity index (χ1) is 9.79. The molecule has 0 atom stereocenters. The molecular weight excluding hydrogens is 258 g/mol. The van der Waals surface area contributed by atoms with Gasteiger partial charge in [-0.3, -0.25) is 4.79 Å². The summed E-state index contributed by atoms with van der Waals surface area (Å²) in [5, 5.41) is 5.87. The maximum Gasteiger partial charge on any atom is 0.291 e. The second-order valence-corrected chi connectivity index (χ2v) is 4.14. The van der Waals surface area contributed by atoms with Crippen LogP contribution < -0.4 is 10.6 Å². The summed E-state index contributed by atoms with van der Waals surface area (Å²) in [6.07, 6.45) is 3.97. The van der Waals surface area contributed by atoms with Gasteiger partial charge in [-0.25, -0.2) is 4.98 Å². The number of amides is 1. The van der Waals surface area contributed by atoms with E-state index in [9.17, 15) is 4.79 Å². The summed E-state index contributed by atoms with van der Waals surface area (Å²) in [5.74, 6) is 0.737. The molecule has 0 spiro atoms. The second kappa shape index (κ2) is 7.30. The highest BCUT2D eigenvalue weighted by Gasteiger charge is 2.08. The van der Waals surface area contributed by atoms with Crippen LogP contribution in [0.4, 0.5) is 11.5 Å². The van der Waals surface area contributed by atoms with E-state index in [0.29, 0.717) is 12.3 Å². The Bertz CT molecular complexity index is 523. The number of ether oxygens (including phenoxy) is 1. The Hall–Kier alpha value is -2.34. The van der Waals surface area contributed by atoms with Gasteiger partial charge < -0.3 is 19.8 Å². The molecule has 0 aromatic carbocycles. The number of nitrogens with zero attached hydrogens (tertiary/aromatic N) is 1. The van der Waals surface area contributed by atoms with E-state index in [0.717, 1.165) is 18.8 Å². The molecule has 1 amide bonds. The molecule has 2 heterocycles. The van der Waals surface area contributed by atoms with Crippen molar-refractivity contribution in [2.24, 2.45) is 0 Å². The number of carbonyl (C=O) groups is 1. The molecule has 0 aliphatic rings. The van der Waals surface area contributed by atoms with Crippen molar-refractivity contribution < 1.29 is 13.9 Å². The van der Waals surface area contributed by atoms with Gasteiger partial charge in [0, 0.05) is 20.3 Å². The molecule has 2 aromatic heterocycles. The topological polar surface area (TPSA) is 76.4 Å². The number of pyridine rings is 1. The minimum Gasteiger partial charge on any atom is -0.459 e. The summed E-state index contributed by atoms with van der Waals surface area (Å²) >= 11 is 0. The molecule has 6 nitrogen and oxygen atoms in total. The summed E-state index contributed by atoms with van der Waals surface area (Å²) in [5.41, 5.74) is 0.619. The fourth-order valence-electron chi connectivity index (χ4n) is 1.61. The third-order valence-corrected chi connectivity index (χ3v) is 2.60. The van der Waals surface area contributed by atoms with Crippen molar-refractivity contribution >= 4 is 17.4 Å². The van der Waals surface area contributed by atoms with Crippen LogP contribution in [0.1, 0.15) is 17.0 Å². The van der Waals surface area contributed by atoms with Gasteiger partial charge in [0.2, 0.25) is 0 Å². The van der Waals surface area contributed by atoms with Gasteiger partial charge in [-0.1, -0.05) is 0 Å². The molecule has 0 unspecified atom stereocenters. The van der Waals surface area contributed by atoms with E-state index in [1.54, 1.807) is 31.5 Å². The fraction of sp³-hybridized carbons (Fsp3) is 0.286. The molecular formula is C14H17N3O3. The number of furan rings is 1. The molecule has 20 heavy (non-hydrogen) atoms. The highest BCUT2D eigenvalue weighted by Crippen LogP contribution is 2.11. The number of hydrogen-bond donors (Lipinski definition) is 2. The van der Waals surface area contributed by atoms with Gasteiger partial charge in [0.25, 0.3) is 5.91 Å². The first kappa shape index (κ1) is 14.1. The van der Waals surface area contributed by atoms with Crippen molar-refractivity contribution in [2.45, 2.75) is 6.42 Å². The van der Waals surface area contributed by atoms with Crippen molar-refractivity contribution in [3.05, 3.63) is 42.5 Å². The summed E-state index contributed by atoms with van der Waals surface area (Å²) in [7, 11) is 1.68. The van der Waals surface area contributed by atoms with Gasteiger partial charge in [0.15, 0.2) is 5.76 Å². The number of anilines is 2. The predicted molar refractivity (Wildman–Crippen MR) is 75.9 cm³/mol. The van der Waals surface area contributed by atoms with Gasteiger partial charge in [0.1, 0.15) is 5.82 Å². The van der Waals surface area contributed by atoms with Gasteiger partial charge in [-0.2, -0.15) is 0 Å². The molecule has 2 aromatic rings. The van der Waals surface area contributed by atoms with E-state index >= 15 is 0 Å². The molecule has 2 N–H and O–H groups in total. The standard InChI is InChI=1S/C14H17N3O3/c1-19-8-3-7-15-13-6-5-11(10-16-13)17-14(18)12-4-2-9-20-12/h2,4-6,9-10H,3,7-8H2,1H3,(H,15,16)(H,17,18). The zero-order valence-corrected chi connectivity index (χ0v) is 11.3. The average Bonchev–Trinajstić information content (AvgIpc) is 3.00. The first-order valence-electron chi connectivity index (χ1n) is 6.33. The quantitative estimate of drug-likeness (QED) is 0.759. The molecule has 6 heteroatoms. The average molecular weight is 275 g/mol. The molecule has 106 valence electrons. The van der Waals surface area contributed by atoms with Crippen LogP contribution in [0.15, 0.2) is 41.1 Å². The molecule has 2 rings (SSSR count). The lowest BCUT2D eigenvalue weighted by atomic mass is 10.3. The Labute approximate surface area is 117 Å². The van der Waals surface area contributed by atoms with Crippen LogP contribution in [0, 0.1) is 0 Å². The highest BCUT2D eigenvalue weighted by atomic mass is 16.5. The minimum absolute atomic E-state index is 0.270. The molecule has 0 fully saturated rings. The lowest BCUT2D eigenvalue weighted by Gasteiger charge is -2.06. The molecule has 0 bridgehead atoms. The van der Waals surface area contributed by atoms with E-state index in [2.05, 4.69) is 15.6 Å². The predicted octanol–water partition coefficient (Wildman–Crippen LogP) is 2.38. The Balaban J connectivity index is 1.83. The van der Waals surface area contributed by atoms with Gasteiger partial charge in [-0.15, -0.1) is 0 Å². The van der Waals surface area contributed by atoms with Crippen molar-refractivity contribution in [1.82, 2.24) is 4.98 Å². The highest BCUT2D eigenvalue weighted by molar-refractivity contribution is 6.02. The summed E-state index contributed by atoms with van der Waals surface area (Å²) in [6.45, 7) is 1.50. The van der Waals surface area contributed by atoms with Crippen molar-refractivity contribution in [1.29, 1.82) is 0 Å². The molecule has 0 aliphatic carbocycles. The monoisotopic (exact) mass is 275 g/mol. The summed E-state index contributed by atoms with van der Waals surface area (Å²) in [6, 6.07) is 6.87. The maximum absolute atomic E-state index is 11.7. The lowest BCUT2D eigenvalue weighted by molar-refractivity contribution is 0.0996. The van der Waals surface area contributed by atoms with Crippen molar-refractivity contribution in [3.8, 4) is 0 Å². The molecule has 0 saturated heterocycles. The van der Waals surface area contributed by atoms with Crippen LogP contribution in [0.3, 0.4) is 0 Å². The number of aromatic nitrogens is 1. The second-order valence-electron chi connectivity index (χ2n) is 4.14. The number of carbonyl (C=O) groups excluding carboxylic acids is 1. The van der Waals surface area contributed by atoms with Crippen LogP contribution >= 0.6 is 0 Å². The number of methoxy groups -OCH3 is 1. The Morgan fingerprint density at radius 1 is 1.40 bits per heavy atom. The van der Waals surface area contributed by atoms with Gasteiger partial charge in [-0.05, 0) is 30.7 Å². The maximum atomic E-state index is 11.7. The van der Waals surface area contributed by atoms with Gasteiger partial charge in [0.05, 0.1) is 18.1 Å². The number of hydrogen-bond acceptors (Lipinski definition) is 5. The largest absolute Gasteiger partial charge is 0.459 e. The Morgan fingerprint density at radius 2 is 2.30 bits per heavy atom. The van der Waals surface area contributed by atoms with Crippen LogP contribution in [0.2, 0.25) is 0 Å². The smallest absolute Gasteiger partial charge is 0.291 e. The van der Waals surface area contributed by atoms with Crippen molar-refractivity contribution in [2.75, 3.05) is 30.9 Å². The van der Waals surface area contributed by atoms with Crippen LogP contribution in [0.5, 0.6) is 0 Å². The summed E-state index contributed by atoms with van der Waals surface area (Å²) in [4.78, 5) is 16.0. The number of nitrogens with one attached hydrogen (secondary N) is 2. The molecule has 0 aliphatic heterocycles. The Morgan fingerprint density at radius 3 is 2.95 bits per heavy atom. The van der Waals surface area contributed by atoms with Crippen molar-refractivity contribution in [3.63, 3.8) is 0 Å². The van der Waals surface area contributed by atoms with E-state index in [-0.39, 0.29) is 11.7 Å². The minimum atomic E-state index is -0.294. The third kappa shape index (κ3) is 4.10. The van der Waals surface area contributed by atoms with Crippen LogP contribution in [-0.2, 0) is 4.74 Å². The van der Waals surface area contributed by atoms with Crippen LogP contribution in [0.25, 0.3) is 0 Å². The van der Waals surface area contributed by atoms with Gasteiger partial charge >= 0.3 is 0 Å². The molecule has 0 saturated carbocycles. The van der Waals surface area contributed by atoms with E-state index in [1.165, 1.54) is 6.26 Å². The zero-order chi connectivity index (χ0) is 14.2. The molecule has 0 radical (unpaired) electrons. The number of rotatable bonds is 7. The summed E-state index contributed by atoms with van der Waals surface area (Å²) < 4.78 is 9.97. The lowest BCUT2D eigenvalue weighted by Crippen LogP contribution is -2.11. The van der Waals surface area contributed by atoms with E-state index < -0.39 is 0 Å². The van der Waals surface area contributed by atoms with Crippen LogP contribution in [-0.4, -0.2) is 31.2 Å². The first-order valence-corrected chi connectivity index (χ1v) is 6.33. The fourth-order valence-corrected chi connectivity index (χ4v) is 1.61.